The van der Waals surface area contributed by atoms with E-state index in [2.05, 4.69) is 20.8 Å². The van der Waals surface area contributed by atoms with Gasteiger partial charge >= 0.3 is 0 Å². The number of aromatic nitrogens is 1. The number of nitrogens with zero attached hydrogens (tertiary/aromatic N) is 2. The minimum atomic E-state index is -0.725. The van der Waals surface area contributed by atoms with Gasteiger partial charge in [0.2, 0.25) is 0 Å². The Balaban J connectivity index is 1.82. The van der Waals surface area contributed by atoms with Crippen molar-refractivity contribution >= 4 is 5.96 Å². The summed E-state index contributed by atoms with van der Waals surface area (Å²) in [6.45, 7) is 7.67. The van der Waals surface area contributed by atoms with Crippen LogP contribution in [0.1, 0.15) is 38.1 Å². The second kappa shape index (κ2) is 9.74. The number of guanidine groups is 1. The molecule has 0 saturated carbocycles. The van der Waals surface area contributed by atoms with E-state index < -0.39 is 11.6 Å². The summed E-state index contributed by atoms with van der Waals surface area (Å²) >= 11 is 0. The largest absolute Gasteiger partial charge is 0.489 e. The Labute approximate surface area is 151 Å². The number of benzene rings is 1. The summed E-state index contributed by atoms with van der Waals surface area (Å²) in [6, 6.07) is 5.09. The van der Waals surface area contributed by atoms with Crippen molar-refractivity contribution in [3.05, 3.63) is 47.4 Å². The summed E-state index contributed by atoms with van der Waals surface area (Å²) < 4.78 is 36.9. The predicted octanol–water partition coefficient (Wildman–Crippen LogP) is 3.21. The standard InChI is InChI=1S/C18H24F2N4O2/c1-4-21-18(23-11-14-10-16(12(2)3)24-26-14)22-7-8-25-17-6-5-13(19)9-15(17)20/h5-6,9-10,12H,4,7-8,11H2,1-3H3,(H2,21,22,23). The van der Waals surface area contributed by atoms with Crippen LogP contribution in [0.4, 0.5) is 8.78 Å². The maximum absolute atomic E-state index is 13.5. The van der Waals surface area contributed by atoms with Crippen molar-refractivity contribution in [2.24, 2.45) is 4.99 Å². The Morgan fingerprint density at radius 3 is 2.73 bits per heavy atom. The van der Waals surface area contributed by atoms with Crippen molar-refractivity contribution in [3.8, 4) is 5.75 Å². The van der Waals surface area contributed by atoms with Crippen LogP contribution < -0.4 is 15.4 Å². The summed E-state index contributed by atoms with van der Waals surface area (Å²) in [5.41, 5.74) is 0.892. The summed E-state index contributed by atoms with van der Waals surface area (Å²) in [4.78, 5) is 4.41. The minimum absolute atomic E-state index is 0.0121. The smallest absolute Gasteiger partial charge is 0.191 e. The van der Waals surface area contributed by atoms with E-state index in [1.807, 2.05) is 26.8 Å². The molecule has 0 aliphatic rings. The van der Waals surface area contributed by atoms with Crippen molar-refractivity contribution in [2.45, 2.75) is 33.2 Å². The summed E-state index contributed by atoms with van der Waals surface area (Å²) in [5.74, 6) is 0.206. The van der Waals surface area contributed by atoms with Gasteiger partial charge in [0.1, 0.15) is 19.0 Å². The van der Waals surface area contributed by atoms with Crippen LogP contribution in [-0.2, 0) is 6.54 Å². The lowest BCUT2D eigenvalue weighted by Crippen LogP contribution is -2.39. The molecule has 1 heterocycles. The van der Waals surface area contributed by atoms with Gasteiger partial charge in [-0.3, -0.25) is 0 Å². The molecule has 2 rings (SSSR count). The summed E-state index contributed by atoms with van der Waals surface area (Å²) in [5, 5.41) is 10.2. The lowest BCUT2D eigenvalue weighted by Gasteiger charge is -2.12. The van der Waals surface area contributed by atoms with Gasteiger partial charge in [-0.1, -0.05) is 19.0 Å². The molecule has 0 radical (unpaired) electrons. The minimum Gasteiger partial charge on any atom is -0.489 e. The van der Waals surface area contributed by atoms with Crippen LogP contribution in [0.3, 0.4) is 0 Å². The molecule has 0 unspecified atom stereocenters. The molecule has 0 amide bonds. The van der Waals surface area contributed by atoms with Gasteiger partial charge in [0.05, 0.1) is 12.2 Å². The van der Waals surface area contributed by atoms with E-state index in [0.717, 1.165) is 17.8 Å². The number of nitrogens with one attached hydrogen (secondary N) is 2. The van der Waals surface area contributed by atoms with Gasteiger partial charge in [-0.05, 0) is 25.0 Å². The first-order chi connectivity index (χ1) is 12.5. The van der Waals surface area contributed by atoms with E-state index in [0.29, 0.717) is 37.3 Å². The van der Waals surface area contributed by atoms with E-state index in [1.54, 1.807) is 0 Å². The Morgan fingerprint density at radius 2 is 2.08 bits per heavy atom. The Morgan fingerprint density at radius 1 is 1.27 bits per heavy atom. The molecule has 2 N–H and O–H groups in total. The molecule has 0 bridgehead atoms. The van der Waals surface area contributed by atoms with Crippen molar-refractivity contribution in [3.63, 3.8) is 0 Å². The summed E-state index contributed by atoms with van der Waals surface area (Å²) in [7, 11) is 0. The molecule has 0 aliphatic carbocycles. The maximum Gasteiger partial charge on any atom is 0.191 e. The maximum atomic E-state index is 13.5. The van der Waals surface area contributed by atoms with E-state index in [1.165, 1.54) is 6.07 Å². The van der Waals surface area contributed by atoms with E-state index in [9.17, 15) is 8.78 Å². The molecule has 0 atom stereocenters. The molecule has 0 saturated heterocycles. The first-order valence-electron chi connectivity index (χ1n) is 8.55. The molecule has 142 valence electrons. The van der Waals surface area contributed by atoms with Crippen LogP contribution in [0, 0.1) is 11.6 Å². The van der Waals surface area contributed by atoms with Crippen molar-refractivity contribution in [1.82, 2.24) is 15.8 Å². The zero-order valence-electron chi connectivity index (χ0n) is 15.2. The lowest BCUT2D eigenvalue weighted by molar-refractivity contribution is 0.304. The highest BCUT2D eigenvalue weighted by atomic mass is 19.1. The molecule has 0 spiro atoms. The number of halogens is 2. The highest BCUT2D eigenvalue weighted by molar-refractivity contribution is 5.79. The molecule has 0 fully saturated rings. The average molecular weight is 366 g/mol. The van der Waals surface area contributed by atoms with Crippen LogP contribution in [0.5, 0.6) is 5.75 Å². The Kier molecular flexibility index (Phi) is 7.37. The fraction of sp³-hybridized carbons (Fsp3) is 0.444. The number of ether oxygens (including phenoxy) is 1. The van der Waals surface area contributed by atoms with Gasteiger partial charge < -0.3 is 19.9 Å². The third kappa shape index (κ3) is 6.02. The zero-order chi connectivity index (χ0) is 18.9. The van der Waals surface area contributed by atoms with Crippen LogP contribution in [0.15, 0.2) is 33.8 Å². The van der Waals surface area contributed by atoms with Crippen LogP contribution in [0.25, 0.3) is 0 Å². The van der Waals surface area contributed by atoms with Crippen LogP contribution in [-0.4, -0.2) is 30.8 Å². The first-order valence-corrected chi connectivity index (χ1v) is 8.55. The van der Waals surface area contributed by atoms with E-state index in [4.69, 9.17) is 9.26 Å². The summed E-state index contributed by atoms with van der Waals surface area (Å²) in [6.07, 6.45) is 0. The molecule has 6 nitrogen and oxygen atoms in total. The fourth-order valence-electron chi connectivity index (χ4n) is 2.10. The van der Waals surface area contributed by atoms with Crippen LogP contribution in [0.2, 0.25) is 0 Å². The average Bonchev–Trinajstić information content (AvgIpc) is 3.07. The van der Waals surface area contributed by atoms with E-state index >= 15 is 0 Å². The predicted molar refractivity (Wildman–Crippen MR) is 95.3 cm³/mol. The van der Waals surface area contributed by atoms with Crippen molar-refractivity contribution in [2.75, 3.05) is 19.7 Å². The topological polar surface area (TPSA) is 71.7 Å². The molecular weight excluding hydrogens is 342 g/mol. The van der Waals surface area contributed by atoms with Crippen LogP contribution >= 0.6 is 0 Å². The number of aliphatic imine (C=N–C) groups is 1. The Hall–Kier alpha value is -2.64. The molecule has 2 aromatic rings. The van der Waals surface area contributed by atoms with Gasteiger partial charge in [0.15, 0.2) is 23.3 Å². The van der Waals surface area contributed by atoms with Gasteiger partial charge in [-0.15, -0.1) is 0 Å². The van der Waals surface area contributed by atoms with Gasteiger partial charge in [0, 0.05) is 18.7 Å². The normalized spacial score (nSPS) is 11.7. The highest BCUT2D eigenvalue weighted by Crippen LogP contribution is 2.17. The van der Waals surface area contributed by atoms with Crippen molar-refractivity contribution in [1.29, 1.82) is 0 Å². The highest BCUT2D eigenvalue weighted by Gasteiger charge is 2.08. The number of hydrogen-bond donors (Lipinski definition) is 2. The third-order valence-corrected chi connectivity index (χ3v) is 3.45. The SMILES string of the molecule is CCNC(=NCc1cc(C(C)C)no1)NCCOc1ccc(F)cc1F. The van der Waals surface area contributed by atoms with E-state index in [-0.39, 0.29) is 12.4 Å². The monoisotopic (exact) mass is 366 g/mol. The molecule has 26 heavy (non-hydrogen) atoms. The quantitative estimate of drug-likeness (QED) is 0.426. The second-order valence-corrected chi connectivity index (χ2v) is 5.92. The molecule has 8 heteroatoms. The lowest BCUT2D eigenvalue weighted by atomic mass is 10.1. The van der Waals surface area contributed by atoms with Gasteiger partial charge in [0.25, 0.3) is 0 Å². The zero-order valence-corrected chi connectivity index (χ0v) is 15.2. The fourth-order valence-corrected chi connectivity index (χ4v) is 2.10. The Bertz CT molecular complexity index is 732. The molecular formula is C18H24F2N4O2. The number of rotatable bonds is 8. The van der Waals surface area contributed by atoms with Gasteiger partial charge in [-0.2, -0.15) is 0 Å². The first kappa shape index (κ1) is 19.7. The molecule has 0 aliphatic heterocycles. The molecule has 1 aromatic heterocycles. The second-order valence-electron chi connectivity index (χ2n) is 5.92. The van der Waals surface area contributed by atoms with Gasteiger partial charge in [-0.25, -0.2) is 13.8 Å². The number of hydrogen-bond acceptors (Lipinski definition) is 4. The molecule has 1 aromatic carbocycles. The third-order valence-electron chi connectivity index (χ3n) is 3.45. The van der Waals surface area contributed by atoms with Crippen molar-refractivity contribution < 1.29 is 18.0 Å².